The average Bonchev–Trinajstić information content (AvgIpc) is 2.70. The van der Waals surface area contributed by atoms with Crippen molar-refractivity contribution in [1.82, 2.24) is 4.98 Å². The van der Waals surface area contributed by atoms with Crippen molar-refractivity contribution in [1.29, 1.82) is 0 Å². The highest BCUT2D eigenvalue weighted by atomic mass is 14.7. The van der Waals surface area contributed by atoms with Gasteiger partial charge in [-0.15, -0.1) is 0 Å². The minimum atomic E-state index is 0.679. The molecule has 0 saturated heterocycles. The third kappa shape index (κ3) is 5.19. The third-order valence-corrected chi connectivity index (χ3v) is 6.09. The Labute approximate surface area is 160 Å². The molecule has 1 aromatic carbocycles. The number of aryl methyl sites for hydroxylation is 1. The summed E-state index contributed by atoms with van der Waals surface area (Å²) in [5.41, 5.74) is 5.26. The molecule has 0 bridgehead atoms. The number of benzene rings is 1. The summed E-state index contributed by atoms with van der Waals surface area (Å²) in [4.78, 5) is 4.84. The lowest BCUT2D eigenvalue weighted by atomic mass is 9.78. The Morgan fingerprint density at radius 3 is 2.15 bits per heavy atom. The van der Waals surface area contributed by atoms with Gasteiger partial charge in [0.2, 0.25) is 0 Å². The molecule has 1 nitrogen and oxygen atoms in total. The van der Waals surface area contributed by atoms with E-state index in [1.165, 1.54) is 86.6 Å². The second-order valence-corrected chi connectivity index (χ2v) is 8.13. The van der Waals surface area contributed by atoms with Crippen molar-refractivity contribution in [3.05, 3.63) is 53.9 Å². The van der Waals surface area contributed by atoms with Crippen LogP contribution in [-0.4, -0.2) is 4.98 Å². The molecule has 2 aromatic rings. The Hall–Kier alpha value is -1.63. The lowest BCUT2D eigenvalue weighted by molar-refractivity contribution is 0.300. The van der Waals surface area contributed by atoms with Gasteiger partial charge in [-0.1, -0.05) is 76.3 Å². The molecule has 1 heterocycles. The zero-order chi connectivity index (χ0) is 18.2. The fourth-order valence-corrected chi connectivity index (χ4v) is 4.40. The molecule has 0 unspecified atom stereocenters. The highest BCUT2D eigenvalue weighted by molar-refractivity contribution is 5.62. The molecule has 1 fully saturated rings. The summed E-state index contributed by atoms with van der Waals surface area (Å²) in [7, 11) is 0. The van der Waals surface area contributed by atoms with Crippen LogP contribution in [0.4, 0.5) is 0 Å². The van der Waals surface area contributed by atoms with E-state index in [0.29, 0.717) is 5.92 Å². The van der Waals surface area contributed by atoms with Crippen LogP contribution >= 0.6 is 0 Å². The standard InChI is InChI=1S/C25H35N/c1-3-5-6-8-21-11-15-23(16-12-21)25-18-17-24(19-26-25)22-13-9-20(7-4-2)10-14-22/h9-10,13-14,17-19,21,23H,3-8,11-12,15-16H2,1-2H3. The predicted octanol–water partition coefficient (Wildman–Crippen LogP) is 7.56. The van der Waals surface area contributed by atoms with Crippen LogP contribution in [-0.2, 0) is 6.42 Å². The maximum absolute atomic E-state index is 4.84. The summed E-state index contributed by atoms with van der Waals surface area (Å²) < 4.78 is 0. The van der Waals surface area contributed by atoms with Gasteiger partial charge in [0, 0.05) is 23.4 Å². The SMILES string of the molecule is CCCCCC1CCC(c2ccc(-c3ccc(CCC)cc3)cn2)CC1. The molecule has 0 spiro atoms. The van der Waals surface area contributed by atoms with Gasteiger partial charge in [-0.3, -0.25) is 4.98 Å². The molecule has 26 heavy (non-hydrogen) atoms. The van der Waals surface area contributed by atoms with E-state index in [9.17, 15) is 0 Å². The number of rotatable bonds is 8. The molecule has 0 aliphatic heterocycles. The van der Waals surface area contributed by atoms with Gasteiger partial charge in [0.05, 0.1) is 0 Å². The Morgan fingerprint density at radius 2 is 1.54 bits per heavy atom. The van der Waals surface area contributed by atoms with Gasteiger partial charge in [0.15, 0.2) is 0 Å². The molecule has 0 radical (unpaired) electrons. The van der Waals surface area contributed by atoms with Crippen molar-refractivity contribution < 1.29 is 0 Å². The normalized spacial score (nSPS) is 20.2. The van der Waals surface area contributed by atoms with Crippen molar-refractivity contribution >= 4 is 0 Å². The maximum Gasteiger partial charge on any atom is 0.0434 e. The lowest BCUT2D eigenvalue weighted by Gasteiger charge is -2.28. The first-order valence-electron chi connectivity index (χ1n) is 10.9. The predicted molar refractivity (Wildman–Crippen MR) is 113 cm³/mol. The highest BCUT2D eigenvalue weighted by Gasteiger charge is 2.22. The summed E-state index contributed by atoms with van der Waals surface area (Å²) in [6.45, 7) is 4.53. The van der Waals surface area contributed by atoms with Crippen molar-refractivity contribution in [2.75, 3.05) is 0 Å². The van der Waals surface area contributed by atoms with Crippen LogP contribution in [0.1, 0.15) is 88.8 Å². The van der Waals surface area contributed by atoms with Crippen molar-refractivity contribution in [2.24, 2.45) is 5.92 Å². The van der Waals surface area contributed by atoms with E-state index in [4.69, 9.17) is 4.98 Å². The van der Waals surface area contributed by atoms with Gasteiger partial charge in [0.25, 0.3) is 0 Å². The van der Waals surface area contributed by atoms with Gasteiger partial charge < -0.3 is 0 Å². The van der Waals surface area contributed by atoms with Gasteiger partial charge in [-0.2, -0.15) is 0 Å². The van der Waals surface area contributed by atoms with Gasteiger partial charge in [-0.25, -0.2) is 0 Å². The van der Waals surface area contributed by atoms with Crippen LogP contribution in [0.5, 0.6) is 0 Å². The molecule has 1 aromatic heterocycles. The molecule has 3 rings (SSSR count). The number of hydrogen-bond acceptors (Lipinski definition) is 1. The summed E-state index contributed by atoms with van der Waals surface area (Å²) in [6, 6.07) is 13.5. The molecular weight excluding hydrogens is 314 g/mol. The van der Waals surface area contributed by atoms with Crippen molar-refractivity contribution in [3.63, 3.8) is 0 Å². The zero-order valence-electron chi connectivity index (χ0n) is 16.7. The molecule has 0 atom stereocenters. The van der Waals surface area contributed by atoms with E-state index in [1.54, 1.807) is 0 Å². The minimum Gasteiger partial charge on any atom is -0.260 e. The number of pyridine rings is 1. The Bertz CT molecular complexity index is 633. The van der Waals surface area contributed by atoms with Crippen molar-refractivity contribution in [2.45, 2.75) is 84.0 Å². The van der Waals surface area contributed by atoms with Crippen LogP contribution < -0.4 is 0 Å². The van der Waals surface area contributed by atoms with E-state index in [-0.39, 0.29) is 0 Å². The van der Waals surface area contributed by atoms with E-state index in [0.717, 1.165) is 5.92 Å². The summed E-state index contributed by atoms with van der Waals surface area (Å²) in [6.07, 6.45) is 15.5. The van der Waals surface area contributed by atoms with E-state index in [2.05, 4.69) is 56.4 Å². The van der Waals surface area contributed by atoms with E-state index in [1.807, 2.05) is 0 Å². The first-order chi connectivity index (χ1) is 12.8. The third-order valence-electron chi connectivity index (χ3n) is 6.09. The summed E-state index contributed by atoms with van der Waals surface area (Å²) in [5.74, 6) is 1.65. The number of nitrogens with zero attached hydrogens (tertiary/aromatic N) is 1. The molecular formula is C25H35N. The van der Waals surface area contributed by atoms with Crippen molar-refractivity contribution in [3.8, 4) is 11.1 Å². The zero-order valence-corrected chi connectivity index (χ0v) is 16.7. The Balaban J connectivity index is 1.55. The Morgan fingerprint density at radius 1 is 0.808 bits per heavy atom. The smallest absolute Gasteiger partial charge is 0.0434 e. The fraction of sp³-hybridized carbons (Fsp3) is 0.560. The van der Waals surface area contributed by atoms with Crippen LogP contribution in [0.25, 0.3) is 11.1 Å². The summed E-state index contributed by atoms with van der Waals surface area (Å²) >= 11 is 0. The van der Waals surface area contributed by atoms with Crippen LogP contribution in [0.15, 0.2) is 42.6 Å². The van der Waals surface area contributed by atoms with Crippen LogP contribution in [0.2, 0.25) is 0 Å². The molecule has 1 saturated carbocycles. The quantitative estimate of drug-likeness (QED) is 0.448. The topological polar surface area (TPSA) is 12.9 Å². The van der Waals surface area contributed by atoms with E-state index >= 15 is 0 Å². The van der Waals surface area contributed by atoms with E-state index < -0.39 is 0 Å². The molecule has 0 N–H and O–H groups in total. The fourth-order valence-electron chi connectivity index (χ4n) is 4.40. The van der Waals surface area contributed by atoms with Gasteiger partial charge >= 0.3 is 0 Å². The number of hydrogen-bond donors (Lipinski definition) is 0. The molecule has 1 aliphatic carbocycles. The largest absolute Gasteiger partial charge is 0.260 e. The van der Waals surface area contributed by atoms with Crippen LogP contribution in [0.3, 0.4) is 0 Å². The van der Waals surface area contributed by atoms with Crippen LogP contribution in [0, 0.1) is 5.92 Å². The Kier molecular flexibility index (Phi) is 7.29. The van der Waals surface area contributed by atoms with Gasteiger partial charge in [0.1, 0.15) is 0 Å². The second kappa shape index (κ2) is 9.90. The number of unbranched alkanes of at least 4 members (excludes halogenated alkanes) is 2. The summed E-state index contributed by atoms with van der Waals surface area (Å²) in [5, 5.41) is 0. The number of aromatic nitrogens is 1. The first-order valence-corrected chi connectivity index (χ1v) is 10.9. The molecule has 140 valence electrons. The average molecular weight is 350 g/mol. The first kappa shape index (κ1) is 19.1. The highest BCUT2D eigenvalue weighted by Crippen LogP contribution is 2.37. The minimum absolute atomic E-state index is 0.679. The monoisotopic (exact) mass is 349 g/mol. The molecule has 1 aliphatic rings. The molecule has 1 heteroatoms. The maximum atomic E-state index is 4.84. The van der Waals surface area contributed by atoms with Gasteiger partial charge in [-0.05, 0) is 55.2 Å². The second-order valence-electron chi connectivity index (χ2n) is 8.13. The molecule has 0 amide bonds. The lowest BCUT2D eigenvalue weighted by Crippen LogP contribution is -2.14.